The van der Waals surface area contributed by atoms with Crippen LogP contribution in [-0.2, 0) is 42.9 Å². The summed E-state index contributed by atoms with van der Waals surface area (Å²) in [6, 6.07) is 0. The minimum absolute atomic E-state index is 0.0204. The van der Waals surface area contributed by atoms with Crippen LogP contribution in [0.2, 0.25) is 0 Å². The van der Waals surface area contributed by atoms with Gasteiger partial charge in [0.05, 0.1) is 56.7 Å². The summed E-state index contributed by atoms with van der Waals surface area (Å²) in [4.78, 5) is 53.5. The maximum atomic E-state index is 13.5. The average Bonchev–Trinajstić information content (AvgIpc) is 3.63. The standard InChI is InChI=1S/C38H68O9.2C3H8O3/c1-9-17-21-27(13-5)35(39)44-26-31(45-36(40)28(14-6)22-18-10-2)33-34(47-38(42)30(16-8)24-20-12-4)32(25-43-33)46-37(41)29(15-7)23-19-11-3;2*4-1-3(6)2-5/h27-34H,9-26H2,1-8H3;2*3-6H,1-2H2/t27?,28?,29?,30?,31-,32+,33-,34-;;/m1../s1. The van der Waals surface area contributed by atoms with E-state index < -0.39 is 42.6 Å². The van der Waals surface area contributed by atoms with Crippen LogP contribution in [0.25, 0.3) is 0 Å². The van der Waals surface area contributed by atoms with Crippen molar-refractivity contribution in [2.75, 3.05) is 39.6 Å². The Kier molecular flexibility index (Phi) is 37.2. The quantitative estimate of drug-likeness (QED) is 0.0403. The zero-order chi connectivity index (χ0) is 45.2. The van der Waals surface area contributed by atoms with Crippen molar-refractivity contribution >= 4 is 23.9 Å². The molecule has 0 aromatic carbocycles. The Morgan fingerprint density at radius 1 is 0.542 bits per heavy atom. The van der Waals surface area contributed by atoms with Crippen molar-refractivity contribution < 1.29 is 73.5 Å². The minimum atomic E-state index is -1.04. The number of aliphatic hydroxyl groups excluding tert-OH is 6. The zero-order valence-electron chi connectivity index (χ0n) is 37.7. The van der Waals surface area contributed by atoms with Gasteiger partial charge >= 0.3 is 23.9 Å². The molecular weight excluding hydrogens is 768 g/mol. The van der Waals surface area contributed by atoms with Gasteiger partial charge in [-0.05, 0) is 51.4 Å². The fraction of sp³-hybridized carbons (Fsp3) is 0.909. The van der Waals surface area contributed by atoms with Gasteiger partial charge in [0.25, 0.3) is 0 Å². The van der Waals surface area contributed by atoms with E-state index in [0.29, 0.717) is 44.9 Å². The van der Waals surface area contributed by atoms with Gasteiger partial charge in [-0.25, -0.2) is 0 Å². The first-order valence-electron chi connectivity index (χ1n) is 22.5. The summed E-state index contributed by atoms with van der Waals surface area (Å²) >= 11 is 0. The van der Waals surface area contributed by atoms with Gasteiger partial charge in [0, 0.05) is 0 Å². The van der Waals surface area contributed by atoms with E-state index in [2.05, 4.69) is 27.7 Å². The summed E-state index contributed by atoms with van der Waals surface area (Å²) in [5.41, 5.74) is 0. The predicted molar refractivity (Wildman–Crippen MR) is 224 cm³/mol. The molecule has 1 fully saturated rings. The molecule has 1 rings (SSSR count). The molecule has 1 aliphatic rings. The number of aliphatic hydroxyl groups is 6. The van der Waals surface area contributed by atoms with Crippen LogP contribution in [0.15, 0.2) is 0 Å². The van der Waals surface area contributed by atoms with Gasteiger partial charge in [-0.3, -0.25) is 19.2 Å². The van der Waals surface area contributed by atoms with E-state index in [9.17, 15) is 19.2 Å². The van der Waals surface area contributed by atoms with Crippen molar-refractivity contribution in [2.45, 2.75) is 195 Å². The lowest BCUT2D eigenvalue weighted by molar-refractivity contribution is -0.184. The van der Waals surface area contributed by atoms with E-state index in [1.165, 1.54) is 0 Å². The van der Waals surface area contributed by atoms with Gasteiger partial charge in [-0.15, -0.1) is 0 Å². The summed E-state index contributed by atoms with van der Waals surface area (Å²) in [6.07, 6.45) is 6.92. The van der Waals surface area contributed by atoms with E-state index in [1.54, 1.807) is 0 Å². The summed E-state index contributed by atoms with van der Waals surface area (Å²) in [5, 5.41) is 48.0. The number of rotatable bonds is 30. The third kappa shape index (κ3) is 25.2. The van der Waals surface area contributed by atoms with Crippen LogP contribution in [0.5, 0.6) is 0 Å². The third-order valence-electron chi connectivity index (χ3n) is 10.5. The highest BCUT2D eigenvalue weighted by molar-refractivity contribution is 5.75. The molecule has 350 valence electrons. The fourth-order valence-corrected chi connectivity index (χ4v) is 6.24. The first-order valence-corrected chi connectivity index (χ1v) is 22.5. The Hall–Kier alpha value is -2.40. The van der Waals surface area contributed by atoms with Crippen LogP contribution in [0, 0.1) is 23.7 Å². The SMILES string of the molecule is CCCCC(CC)C(=O)OC[C@@H](OC(=O)C(CC)CCCC)[C@H]1OC[C@H](OC(=O)C(CC)CCCC)[C@H]1OC(=O)C(CC)CCCC.OCC(O)CO.OCC(O)CO. The summed E-state index contributed by atoms with van der Waals surface area (Å²) in [5.74, 6) is -2.64. The molecule has 0 radical (unpaired) electrons. The van der Waals surface area contributed by atoms with Crippen LogP contribution in [0.1, 0.15) is 158 Å². The van der Waals surface area contributed by atoms with Crippen LogP contribution in [0.3, 0.4) is 0 Å². The maximum Gasteiger partial charge on any atom is 0.309 e. The first-order chi connectivity index (χ1) is 28.3. The highest BCUT2D eigenvalue weighted by Crippen LogP contribution is 2.30. The largest absolute Gasteiger partial charge is 0.461 e. The molecule has 15 heteroatoms. The number of carbonyl (C=O) groups is 4. The van der Waals surface area contributed by atoms with Gasteiger partial charge in [0.1, 0.15) is 24.9 Å². The molecule has 1 heterocycles. The molecule has 0 aromatic heterocycles. The van der Waals surface area contributed by atoms with Gasteiger partial charge < -0.3 is 54.3 Å². The maximum absolute atomic E-state index is 13.5. The first kappa shape index (κ1) is 58.7. The molecule has 1 saturated heterocycles. The molecule has 4 unspecified atom stereocenters. The van der Waals surface area contributed by atoms with E-state index >= 15 is 0 Å². The number of hydrogen-bond acceptors (Lipinski definition) is 15. The number of carbonyl (C=O) groups excluding carboxylic acids is 4. The topological polar surface area (TPSA) is 236 Å². The Labute approximate surface area is 354 Å². The highest BCUT2D eigenvalue weighted by atomic mass is 16.7. The van der Waals surface area contributed by atoms with Crippen molar-refractivity contribution in [3.8, 4) is 0 Å². The van der Waals surface area contributed by atoms with E-state index in [-0.39, 0.29) is 81.2 Å². The second kappa shape index (κ2) is 37.4. The molecule has 0 aromatic rings. The molecule has 0 saturated carbocycles. The van der Waals surface area contributed by atoms with E-state index in [4.69, 9.17) is 54.3 Å². The minimum Gasteiger partial charge on any atom is -0.461 e. The van der Waals surface area contributed by atoms with E-state index in [0.717, 1.165) is 57.8 Å². The second-order valence-corrected chi connectivity index (χ2v) is 15.3. The Morgan fingerprint density at radius 2 is 0.898 bits per heavy atom. The van der Waals surface area contributed by atoms with Crippen molar-refractivity contribution in [2.24, 2.45) is 23.7 Å². The van der Waals surface area contributed by atoms with Crippen molar-refractivity contribution in [1.82, 2.24) is 0 Å². The molecule has 59 heavy (non-hydrogen) atoms. The summed E-state index contributed by atoms with van der Waals surface area (Å²) in [6.45, 7) is 14.4. The molecule has 8 atom stereocenters. The normalized spacial score (nSPS) is 18.7. The highest BCUT2D eigenvalue weighted by Gasteiger charge is 2.49. The molecular formula is C44H84O15. The predicted octanol–water partition coefficient (Wildman–Crippen LogP) is 5.19. The lowest BCUT2D eigenvalue weighted by atomic mass is 9.98. The molecule has 6 N–H and O–H groups in total. The van der Waals surface area contributed by atoms with E-state index in [1.807, 2.05) is 27.7 Å². The lowest BCUT2D eigenvalue weighted by Crippen LogP contribution is -2.48. The number of esters is 4. The molecule has 0 aliphatic carbocycles. The molecule has 0 bridgehead atoms. The van der Waals surface area contributed by atoms with Crippen molar-refractivity contribution in [3.63, 3.8) is 0 Å². The van der Waals surface area contributed by atoms with Gasteiger partial charge in [0.15, 0.2) is 18.3 Å². The lowest BCUT2D eigenvalue weighted by Gasteiger charge is -2.31. The Morgan fingerprint density at radius 3 is 1.24 bits per heavy atom. The zero-order valence-corrected chi connectivity index (χ0v) is 37.7. The summed E-state index contributed by atoms with van der Waals surface area (Å²) < 4.78 is 30.3. The Bertz CT molecular complexity index is 1040. The van der Waals surface area contributed by atoms with Gasteiger partial charge in [-0.2, -0.15) is 0 Å². The fourth-order valence-electron chi connectivity index (χ4n) is 6.24. The van der Waals surface area contributed by atoms with Crippen LogP contribution < -0.4 is 0 Å². The molecule has 0 amide bonds. The van der Waals surface area contributed by atoms with Crippen molar-refractivity contribution in [1.29, 1.82) is 0 Å². The number of ether oxygens (including phenoxy) is 5. The summed E-state index contributed by atoms with van der Waals surface area (Å²) in [7, 11) is 0. The second-order valence-electron chi connectivity index (χ2n) is 15.3. The van der Waals surface area contributed by atoms with Crippen LogP contribution in [-0.4, -0.2) is 131 Å². The number of hydrogen-bond donors (Lipinski definition) is 6. The van der Waals surface area contributed by atoms with Gasteiger partial charge in [0.2, 0.25) is 0 Å². The number of unbranched alkanes of at least 4 members (excludes halogenated alkanes) is 4. The molecule has 1 aliphatic heterocycles. The molecule has 0 spiro atoms. The van der Waals surface area contributed by atoms with Crippen LogP contribution >= 0.6 is 0 Å². The van der Waals surface area contributed by atoms with Crippen molar-refractivity contribution in [3.05, 3.63) is 0 Å². The third-order valence-corrected chi connectivity index (χ3v) is 10.5. The Balaban J connectivity index is 0. The monoisotopic (exact) mass is 853 g/mol. The van der Waals surface area contributed by atoms with Crippen LogP contribution in [0.4, 0.5) is 0 Å². The van der Waals surface area contributed by atoms with Gasteiger partial charge in [-0.1, -0.05) is 107 Å². The average molecular weight is 853 g/mol. The molecule has 15 nitrogen and oxygen atoms in total. The smallest absolute Gasteiger partial charge is 0.309 e.